The maximum Gasteiger partial charge on any atom is 0.203 e. The molecule has 5 nitrogen and oxygen atoms in total. The van der Waals surface area contributed by atoms with Crippen LogP contribution in [0, 0.1) is 0 Å². The molecule has 0 bridgehead atoms. The number of rotatable bonds is 6. The van der Waals surface area contributed by atoms with Gasteiger partial charge in [0, 0.05) is 5.56 Å². The molecule has 0 fully saturated rings. The van der Waals surface area contributed by atoms with E-state index in [2.05, 4.69) is 15.9 Å². The summed E-state index contributed by atoms with van der Waals surface area (Å²) in [6, 6.07) is 8.17. The second-order valence-electron chi connectivity index (χ2n) is 4.82. The Morgan fingerprint density at radius 3 is 2.17 bits per heavy atom. The van der Waals surface area contributed by atoms with E-state index in [1.54, 1.807) is 36.4 Å². The number of benzene rings is 2. The number of aromatic hydroxyl groups is 1. The molecule has 0 atom stereocenters. The van der Waals surface area contributed by atoms with Crippen LogP contribution in [0.25, 0.3) is 6.08 Å². The minimum Gasteiger partial charge on any atom is -0.507 e. The second kappa shape index (κ2) is 7.88. The van der Waals surface area contributed by atoms with E-state index in [4.69, 9.17) is 14.2 Å². The molecule has 0 aliphatic heterocycles. The van der Waals surface area contributed by atoms with Crippen LogP contribution in [0.15, 0.2) is 40.9 Å². The number of halogens is 1. The first-order chi connectivity index (χ1) is 11.5. The molecule has 0 heterocycles. The fourth-order valence-electron chi connectivity index (χ4n) is 2.12. The van der Waals surface area contributed by atoms with Crippen molar-refractivity contribution < 1.29 is 24.1 Å². The summed E-state index contributed by atoms with van der Waals surface area (Å²) in [4.78, 5) is 12.4. The molecule has 1 N–H and O–H groups in total. The van der Waals surface area contributed by atoms with Crippen LogP contribution in [0.4, 0.5) is 0 Å². The number of phenols is 1. The standard InChI is InChI=1S/C18H17BrO5/c1-22-16-9-12(10-17(23-2)18(16)24-3)14(20)6-4-11-5-7-15(21)13(19)8-11/h4-10,21H,1-3H3/b6-4+. The van der Waals surface area contributed by atoms with Crippen molar-refractivity contribution in [3.63, 3.8) is 0 Å². The summed E-state index contributed by atoms with van der Waals surface area (Å²) in [5.74, 6) is 1.20. The van der Waals surface area contributed by atoms with Crippen LogP contribution in [-0.4, -0.2) is 32.2 Å². The van der Waals surface area contributed by atoms with Crippen LogP contribution in [0.1, 0.15) is 15.9 Å². The summed E-state index contributed by atoms with van der Waals surface area (Å²) in [6.45, 7) is 0. The van der Waals surface area contributed by atoms with Gasteiger partial charge in [-0.25, -0.2) is 0 Å². The zero-order valence-electron chi connectivity index (χ0n) is 13.5. The molecule has 0 aliphatic rings. The van der Waals surface area contributed by atoms with Crippen LogP contribution >= 0.6 is 15.9 Å². The number of phenolic OH excluding ortho intramolecular Hbond substituents is 1. The lowest BCUT2D eigenvalue weighted by Gasteiger charge is -2.13. The molecule has 24 heavy (non-hydrogen) atoms. The average molecular weight is 393 g/mol. The largest absolute Gasteiger partial charge is 0.507 e. The van der Waals surface area contributed by atoms with Crippen LogP contribution in [-0.2, 0) is 0 Å². The minimum absolute atomic E-state index is 0.142. The Labute approximate surface area is 148 Å². The second-order valence-corrected chi connectivity index (χ2v) is 5.68. The van der Waals surface area contributed by atoms with E-state index in [0.717, 1.165) is 5.56 Å². The van der Waals surface area contributed by atoms with Crippen LogP contribution in [0.2, 0.25) is 0 Å². The van der Waals surface area contributed by atoms with Gasteiger partial charge in [-0.3, -0.25) is 4.79 Å². The van der Waals surface area contributed by atoms with Crippen molar-refractivity contribution in [2.24, 2.45) is 0 Å². The monoisotopic (exact) mass is 392 g/mol. The van der Waals surface area contributed by atoms with E-state index >= 15 is 0 Å². The van der Waals surface area contributed by atoms with Gasteiger partial charge in [0.25, 0.3) is 0 Å². The van der Waals surface area contributed by atoms with E-state index in [9.17, 15) is 9.90 Å². The van der Waals surface area contributed by atoms with Gasteiger partial charge >= 0.3 is 0 Å². The van der Waals surface area contributed by atoms with Crippen LogP contribution < -0.4 is 14.2 Å². The number of carbonyl (C=O) groups excluding carboxylic acids is 1. The Kier molecular flexibility index (Phi) is 5.87. The van der Waals surface area contributed by atoms with Gasteiger partial charge in [-0.15, -0.1) is 0 Å². The molecule has 2 aromatic carbocycles. The average Bonchev–Trinajstić information content (AvgIpc) is 2.60. The minimum atomic E-state index is -0.210. The Morgan fingerprint density at radius 1 is 1.04 bits per heavy atom. The quantitative estimate of drug-likeness (QED) is 0.592. The summed E-state index contributed by atoms with van der Waals surface area (Å²) in [5, 5.41) is 9.49. The van der Waals surface area contributed by atoms with E-state index < -0.39 is 0 Å². The Bertz CT molecular complexity index is 758. The molecule has 0 amide bonds. The van der Waals surface area contributed by atoms with Crippen LogP contribution in [0.3, 0.4) is 0 Å². The molecule has 0 aliphatic carbocycles. The van der Waals surface area contributed by atoms with Gasteiger partial charge < -0.3 is 19.3 Å². The van der Waals surface area contributed by atoms with Crippen molar-refractivity contribution >= 4 is 27.8 Å². The lowest BCUT2D eigenvalue weighted by atomic mass is 10.1. The number of methoxy groups -OCH3 is 3. The predicted octanol–water partition coefficient (Wildman–Crippen LogP) is 4.08. The fourth-order valence-corrected chi connectivity index (χ4v) is 2.51. The first-order valence-corrected chi connectivity index (χ1v) is 7.80. The number of hydrogen-bond donors (Lipinski definition) is 1. The van der Waals surface area contributed by atoms with Crippen LogP contribution in [0.5, 0.6) is 23.0 Å². The molecular formula is C18H17BrO5. The molecule has 0 radical (unpaired) electrons. The molecule has 2 aromatic rings. The SMILES string of the molecule is COc1cc(C(=O)/C=C/c2ccc(O)c(Br)c2)cc(OC)c1OC. The number of allylic oxidation sites excluding steroid dienone is 1. The maximum atomic E-state index is 12.4. The van der Waals surface area contributed by atoms with Crippen molar-refractivity contribution in [3.8, 4) is 23.0 Å². The molecule has 2 rings (SSSR count). The molecule has 6 heteroatoms. The van der Waals surface area contributed by atoms with E-state index in [1.165, 1.54) is 27.4 Å². The van der Waals surface area contributed by atoms with Gasteiger partial charge in [0.2, 0.25) is 5.75 Å². The van der Waals surface area contributed by atoms with Crippen molar-refractivity contribution in [2.75, 3.05) is 21.3 Å². The number of ketones is 1. The van der Waals surface area contributed by atoms with Gasteiger partial charge in [0.15, 0.2) is 17.3 Å². The molecule has 0 unspecified atom stereocenters. The summed E-state index contributed by atoms with van der Waals surface area (Å²) in [7, 11) is 4.50. The summed E-state index contributed by atoms with van der Waals surface area (Å²) < 4.78 is 16.3. The smallest absolute Gasteiger partial charge is 0.203 e. The topological polar surface area (TPSA) is 65.0 Å². The Hall–Kier alpha value is -2.47. The van der Waals surface area contributed by atoms with Crippen molar-refractivity contribution in [2.45, 2.75) is 0 Å². The molecule has 126 valence electrons. The normalized spacial score (nSPS) is 10.7. The molecule has 0 aromatic heterocycles. The highest BCUT2D eigenvalue weighted by atomic mass is 79.9. The lowest BCUT2D eigenvalue weighted by molar-refractivity contribution is 0.104. The zero-order chi connectivity index (χ0) is 17.7. The first-order valence-electron chi connectivity index (χ1n) is 7.01. The summed E-state index contributed by atoms with van der Waals surface area (Å²) >= 11 is 3.24. The Balaban J connectivity index is 2.32. The fraction of sp³-hybridized carbons (Fsp3) is 0.167. The number of carbonyl (C=O) groups is 1. The predicted molar refractivity (Wildman–Crippen MR) is 95.3 cm³/mol. The molecule has 0 spiro atoms. The zero-order valence-corrected chi connectivity index (χ0v) is 15.1. The van der Waals surface area contributed by atoms with Crippen molar-refractivity contribution in [3.05, 3.63) is 52.0 Å². The van der Waals surface area contributed by atoms with Gasteiger partial charge in [-0.05, 0) is 51.8 Å². The third-order valence-corrected chi connectivity index (χ3v) is 3.98. The molecular weight excluding hydrogens is 376 g/mol. The molecule has 0 saturated heterocycles. The van der Waals surface area contributed by atoms with E-state index in [0.29, 0.717) is 27.3 Å². The van der Waals surface area contributed by atoms with Gasteiger partial charge in [0.05, 0.1) is 25.8 Å². The first kappa shape index (κ1) is 17.9. The van der Waals surface area contributed by atoms with Gasteiger partial charge in [-0.2, -0.15) is 0 Å². The number of ether oxygens (including phenoxy) is 3. The number of hydrogen-bond acceptors (Lipinski definition) is 5. The summed E-state index contributed by atoms with van der Waals surface area (Å²) in [6.07, 6.45) is 3.11. The Morgan fingerprint density at radius 2 is 1.67 bits per heavy atom. The van der Waals surface area contributed by atoms with Crippen molar-refractivity contribution in [1.82, 2.24) is 0 Å². The van der Waals surface area contributed by atoms with E-state index in [1.807, 2.05) is 0 Å². The highest BCUT2D eigenvalue weighted by molar-refractivity contribution is 9.10. The highest BCUT2D eigenvalue weighted by Crippen LogP contribution is 2.38. The third-order valence-electron chi connectivity index (χ3n) is 3.35. The maximum absolute atomic E-state index is 12.4. The lowest BCUT2D eigenvalue weighted by Crippen LogP contribution is -2.00. The van der Waals surface area contributed by atoms with E-state index in [-0.39, 0.29) is 11.5 Å². The van der Waals surface area contributed by atoms with Crippen molar-refractivity contribution in [1.29, 1.82) is 0 Å². The molecule has 0 saturated carbocycles. The highest BCUT2D eigenvalue weighted by Gasteiger charge is 2.15. The third kappa shape index (κ3) is 3.89. The summed E-state index contributed by atoms with van der Waals surface area (Å²) in [5.41, 5.74) is 1.19. The van der Waals surface area contributed by atoms with Gasteiger partial charge in [-0.1, -0.05) is 12.1 Å². The van der Waals surface area contributed by atoms with Gasteiger partial charge in [0.1, 0.15) is 5.75 Å².